The van der Waals surface area contributed by atoms with E-state index in [1.807, 2.05) is 24.3 Å². The molecule has 0 aliphatic heterocycles. The maximum Gasteiger partial charge on any atom is 0.272 e. The van der Waals surface area contributed by atoms with Crippen LogP contribution in [0.25, 0.3) is 16.4 Å². The van der Waals surface area contributed by atoms with E-state index in [-0.39, 0.29) is 28.7 Å². The van der Waals surface area contributed by atoms with Gasteiger partial charge in [0.25, 0.3) is 11.5 Å². The molecule has 2 fully saturated rings. The third-order valence-corrected chi connectivity index (χ3v) is 7.19. The summed E-state index contributed by atoms with van der Waals surface area (Å²) in [4.78, 5) is 29.0. The first-order chi connectivity index (χ1) is 15.4. The number of aromatic nitrogens is 4. The molecule has 1 amide bonds. The number of rotatable bonds is 3. The summed E-state index contributed by atoms with van der Waals surface area (Å²) in [7, 11) is 0. The molecule has 2 saturated carbocycles. The number of carbonyl (C=O) groups excluding carboxylic acids is 1. The predicted octanol–water partition coefficient (Wildman–Crippen LogP) is 3.47. The van der Waals surface area contributed by atoms with Gasteiger partial charge in [-0.3, -0.25) is 14.0 Å². The minimum atomic E-state index is -0.365. The number of amides is 1. The van der Waals surface area contributed by atoms with Crippen LogP contribution in [0.5, 0.6) is 0 Å². The average Bonchev–Trinajstić information content (AvgIpc) is 3.13. The van der Waals surface area contributed by atoms with Crippen LogP contribution >= 0.6 is 0 Å². The molecule has 6 rings (SSSR count). The molecule has 4 aromatic rings. The molecule has 3 heterocycles. The molecular weight excluding hydrogens is 409 g/mol. The molecule has 0 bridgehead atoms. The summed E-state index contributed by atoms with van der Waals surface area (Å²) in [6, 6.07) is 9.32. The second kappa shape index (κ2) is 6.72. The topological polar surface area (TPSA) is 92.2 Å². The number of H-pyrrole nitrogens is 1. The van der Waals surface area contributed by atoms with Crippen molar-refractivity contribution in [3.8, 4) is 0 Å². The molecule has 2 aliphatic carbocycles. The number of hydrogen-bond donors (Lipinski definition) is 2. The molecule has 0 unspecified atom stereocenters. The van der Waals surface area contributed by atoms with Gasteiger partial charge in [0.15, 0.2) is 0 Å². The normalized spacial score (nSPS) is 24.4. The summed E-state index contributed by atoms with van der Waals surface area (Å²) in [5.74, 6) is -0.279. The number of pyridine rings is 1. The van der Waals surface area contributed by atoms with Crippen molar-refractivity contribution in [1.82, 2.24) is 24.9 Å². The lowest BCUT2D eigenvalue weighted by molar-refractivity contribution is -0.0197. The number of benzene rings is 1. The van der Waals surface area contributed by atoms with Crippen LogP contribution in [0.1, 0.15) is 53.3 Å². The Morgan fingerprint density at radius 2 is 1.97 bits per heavy atom. The van der Waals surface area contributed by atoms with Crippen LogP contribution < -0.4 is 10.9 Å². The van der Waals surface area contributed by atoms with E-state index in [2.05, 4.69) is 20.5 Å². The van der Waals surface area contributed by atoms with E-state index in [0.29, 0.717) is 28.2 Å². The van der Waals surface area contributed by atoms with Crippen LogP contribution in [0.2, 0.25) is 0 Å². The van der Waals surface area contributed by atoms with Crippen LogP contribution in [0.4, 0.5) is 4.39 Å². The molecule has 0 radical (unpaired) electrons. The van der Waals surface area contributed by atoms with Gasteiger partial charge in [0, 0.05) is 23.5 Å². The maximum atomic E-state index is 14.0. The van der Waals surface area contributed by atoms with Gasteiger partial charge in [-0.15, -0.1) is 0 Å². The van der Waals surface area contributed by atoms with Gasteiger partial charge in [0.1, 0.15) is 17.2 Å². The highest BCUT2D eigenvalue weighted by molar-refractivity contribution is 5.93. The molecule has 0 atom stereocenters. The Labute approximate surface area is 182 Å². The predicted molar refractivity (Wildman–Crippen MR) is 117 cm³/mol. The highest BCUT2D eigenvalue weighted by atomic mass is 19.1. The van der Waals surface area contributed by atoms with Gasteiger partial charge in [-0.1, -0.05) is 18.2 Å². The summed E-state index contributed by atoms with van der Waals surface area (Å²) >= 11 is 0. The van der Waals surface area contributed by atoms with Gasteiger partial charge in [0.2, 0.25) is 0 Å². The molecule has 2 aliphatic rings. The second-order valence-corrected chi connectivity index (χ2v) is 9.34. The molecule has 7 nitrogen and oxygen atoms in total. The van der Waals surface area contributed by atoms with Crippen LogP contribution in [0.3, 0.4) is 0 Å². The van der Waals surface area contributed by atoms with Crippen molar-refractivity contribution in [2.75, 3.05) is 0 Å². The number of aromatic amines is 1. The fraction of sp³-hybridized carbons (Fsp3) is 0.333. The maximum absolute atomic E-state index is 14.0. The third kappa shape index (κ3) is 2.86. The van der Waals surface area contributed by atoms with Gasteiger partial charge < -0.3 is 5.32 Å². The molecule has 1 aromatic carbocycles. The number of imidazole rings is 1. The molecular formula is C24H22FN5O2. The Hall–Kier alpha value is -3.55. The third-order valence-electron chi connectivity index (χ3n) is 7.19. The highest BCUT2D eigenvalue weighted by Gasteiger charge is 2.54. The first kappa shape index (κ1) is 19.2. The Bertz CT molecular complexity index is 1440. The fourth-order valence-corrected chi connectivity index (χ4v) is 5.57. The Morgan fingerprint density at radius 1 is 1.22 bits per heavy atom. The molecule has 0 saturated heterocycles. The molecule has 162 valence electrons. The number of carbonyl (C=O) groups is 1. The van der Waals surface area contributed by atoms with E-state index in [0.717, 1.165) is 36.8 Å². The second-order valence-electron chi connectivity index (χ2n) is 9.34. The lowest BCUT2D eigenvalue weighted by Gasteiger charge is -2.57. The lowest BCUT2D eigenvalue weighted by Crippen LogP contribution is -2.55. The minimum absolute atomic E-state index is 0.101. The van der Waals surface area contributed by atoms with Gasteiger partial charge in [-0.2, -0.15) is 5.10 Å². The SMILES string of the molecule is Cc1cc2ncc(C(=O)N[C@H]3CC4(C3)C[C@H](c3n[nH]c(=O)c5ccccc53)C4)n2cc1F. The van der Waals surface area contributed by atoms with Crippen molar-refractivity contribution >= 4 is 22.3 Å². The van der Waals surface area contributed by atoms with E-state index in [1.54, 1.807) is 13.0 Å². The van der Waals surface area contributed by atoms with Crippen LogP contribution in [0.15, 0.2) is 47.5 Å². The van der Waals surface area contributed by atoms with E-state index in [9.17, 15) is 14.0 Å². The zero-order valence-corrected chi connectivity index (χ0v) is 17.6. The van der Waals surface area contributed by atoms with Crippen molar-refractivity contribution in [2.24, 2.45) is 5.41 Å². The first-order valence-electron chi connectivity index (χ1n) is 10.8. The zero-order chi connectivity index (χ0) is 22.0. The Morgan fingerprint density at radius 3 is 2.75 bits per heavy atom. The van der Waals surface area contributed by atoms with Gasteiger partial charge in [0.05, 0.1) is 17.3 Å². The van der Waals surface area contributed by atoms with Crippen molar-refractivity contribution in [1.29, 1.82) is 0 Å². The number of aryl methyl sites for hydroxylation is 1. The van der Waals surface area contributed by atoms with E-state index in [1.165, 1.54) is 16.8 Å². The van der Waals surface area contributed by atoms with Crippen molar-refractivity contribution in [3.05, 3.63) is 75.8 Å². The number of nitrogens with zero attached hydrogens (tertiary/aromatic N) is 3. The largest absolute Gasteiger partial charge is 0.348 e. The van der Waals surface area contributed by atoms with E-state index >= 15 is 0 Å². The summed E-state index contributed by atoms with van der Waals surface area (Å²) in [6.07, 6.45) is 6.64. The van der Waals surface area contributed by atoms with Gasteiger partial charge in [-0.05, 0) is 55.7 Å². The lowest BCUT2D eigenvalue weighted by atomic mass is 9.49. The molecule has 32 heavy (non-hydrogen) atoms. The van der Waals surface area contributed by atoms with E-state index < -0.39 is 0 Å². The average molecular weight is 431 g/mol. The zero-order valence-electron chi connectivity index (χ0n) is 17.6. The van der Waals surface area contributed by atoms with E-state index in [4.69, 9.17) is 0 Å². The van der Waals surface area contributed by atoms with Crippen LogP contribution in [-0.4, -0.2) is 31.5 Å². The Balaban J connectivity index is 1.12. The number of halogens is 1. The summed E-state index contributed by atoms with van der Waals surface area (Å²) in [5.41, 5.74) is 2.43. The molecule has 1 spiro atoms. The fourth-order valence-electron chi connectivity index (χ4n) is 5.57. The number of hydrogen-bond acceptors (Lipinski definition) is 4. The molecule has 8 heteroatoms. The van der Waals surface area contributed by atoms with Crippen molar-refractivity contribution < 1.29 is 9.18 Å². The standard InChI is InChI=1S/C24H22FN5O2/c1-13-6-20-26-11-19(30(20)12-18(13)25)23(32)27-15-9-24(10-15)7-14(8-24)21-16-4-2-3-5-17(16)22(31)29-28-21/h2-6,11-12,14-15H,7-10H2,1H3,(H,27,32)(H,29,31)/t14-,15-,24?. The van der Waals surface area contributed by atoms with Gasteiger partial charge >= 0.3 is 0 Å². The molecule has 3 aromatic heterocycles. The van der Waals surface area contributed by atoms with Gasteiger partial charge in [-0.25, -0.2) is 14.5 Å². The highest BCUT2D eigenvalue weighted by Crippen LogP contribution is 2.62. The van der Waals surface area contributed by atoms with Crippen LogP contribution in [-0.2, 0) is 0 Å². The number of fused-ring (bicyclic) bond motifs is 2. The summed E-state index contributed by atoms with van der Waals surface area (Å²) < 4.78 is 15.5. The smallest absolute Gasteiger partial charge is 0.272 e. The minimum Gasteiger partial charge on any atom is -0.348 e. The Kier molecular flexibility index (Phi) is 4.02. The summed E-state index contributed by atoms with van der Waals surface area (Å²) in [5, 5.41) is 11.7. The quantitative estimate of drug-likeness (QED) is 0.520. The monoisotopic (exact) mass is 431 g/mol. The first-order valence-corrected chi connectivity index (χ1v) is 10.8. The summed E-state index contributed by atoms with van der Waals surface area (Å²) in [6.45, 7) is 1.68. The van der Waals surface area contributed by atoms with Crippen molar-refractivity contribution in [2.45, 2.75) is 44.6 Å². The van der Waals surface area contributed by atoms with Crippen molar-refractivity contribution in [3.63, 3.8) is 0 Å². The molecule has 2 N–H and O–H groups in total. The van der Waals surface area contributed by atoms with Crippen LogP contribution in [0, 0.1) is 18.2 Å². The number of nitrogens with one attached hydrogen (secondary N) is 2.